The lowest BCUT2D eigenvalue weighted by Gasteiger charge is -1.90. The van der Waals surface area contributed by atoms with E-state index in [1.165, 1.54) is 0 Å². The van der Waals surface area contributed by atoms with Gasteiger partial charge in [0.15, 0.2) is 5.84 Å². The molecule has 0 aromatic rings. The Morgan fingerprint density at radius 2 is 2.12 bits per heavy atom. The largest absolute Gasteiger partial charge is 0.409 e. The lowest BCUT2D eigenvalue weighted by molar-refractivity contribution is 0.319. The molecule has 0 aromatic carbocycles. The quantitative estimate of drug-likeness (QED) is 0.215. The maximum atomic E-state index is 8.02. The molecule has 0 saturated heterocycles. The fourth-order valence-electron chi connectivity index (χ4n) is 0.187. The third-order valence-electron chi connectivity index (χ3n) is 0.814. The van der Waals surface area contributed by atoms with Gasteiger partial charge in [0.25, 0.3) is 0 Å². The summed E-state index contributed by atoms with van der Waals surface area (Å²) in [6.45, 7) is 1.66. The van der Waals surface area contributed by atoms with E-state index in [-0.39, 0.29) is 5.84 Å². The molecular weight excluding hydrogens is 106 g/mol. The van der Waals surface area contributed by atoms with Gasteiger partial charge in [0, 0.05) is 7.05 Å². The molecule has 4 heteroatoms. The first-order valence-corrected chi connectivity index (χ1v) is 2.13. The smallest absolute Gasteiger partial charge is 0.183 e. The molecular formula is C4H9N3O. The second kappa shape index (κ2) is 3.01. The van der Waals surface area contributed by atoms with E-state index in [4.69, 9.17) is 10.9 Å². The second-order valence-corrected chi connectivity index (χ2v) is 1.29. The average molecular weight is 115 g/mol. The van der Waals surface area contributed by atoms with Crippen molar-refractivity contribution >= 4 is 11.5 Å². The third-order valence-corrected chi connectivity index (χ3v) is 0.814. The number of amidine groups is 1. The molecule has 4 nitrogen and oxygen atoms in total. The van der Waals surface area contributed by atoms with E-state index in [0.717, 1.165) is 0 Å². The summed E-state index contributed by atoms with van der Waals surface area (Å²) in [6, 6.07) is 0. The number of nitrogens with zero attached hydrogens (tertiary/aromatic N) is 2. The Labute approximate surface area is 47.7 Å². The first kappa shape index (κ1) is 6.94. The molecule has 0 rings (SSSR count). The van der Waals surface area contributed by atoms with E-state index in [2.05, 4.69) is 10.1 Å². The average Bonchev–Trinajstić information content (AvgIpc) is 1.84. The standard InChI is InChI=1S/C4H9N3O/c1-3(6-2)4(5)7-8/h8H,1-2H3,(H2,5,7)/b6-3-. The maximum Gasteiger partial charge on any atom is 0.183 e. The highest BCUT2D eigenvalue weighted by molar-refractivity contribution is 6.39. The van der Waals surface area contributed by atoms with Gasteiger partial charge in [-0.25, -0.2) is 0 Å². The minimum absolute atomic E-state index is 0.0625. The fraction of sp³-hybridized carbons (Fsp3) is 0.500. The second-order valence-electron chi connectivity index (χ2n) is 1.29. The molecule has 0 radical (unpaired) electrons. The van der Waals surface area contributed by atoms with Crippen LogP contribution in [0.25, 0.3) is 0 Å². The summed E-state index contributed by atoms with van der Waals surface area (Å²) in [5, 5.41) is 10.7. The normalized spacial score (nSPS) is 14.2. The zero-order chi connectivity index (χ0) is 6.57. The van der Waals surface area contributed by atoms with Gasteiger partial charge < -0.3 is 10.9 Å². The molecule has 0 heterocycles. The fourth-order valence-corrected chi connectivity index (χ4v) is 0.187. The summed E-state index contributed by atoms with van der Waals surface area (Å²) in [6.07, 6.45) is 0. The molecule has 0 aliphatic rings. The Bertz CT molecular complexity index is 111. The van der Waals surface area contributed by atoms with Crippen LogP contribution >= 0.6 is 0 Å². The topological polar surface area (TPSA) is 71.0 Å². The molecule has 3 N–H and O–H groups in total. The zero-order valence-electron chi connectivity index (χ0n) is 4.92. The Balaban J connectivity index is 4.04. The van der Waals surface area contributed by atoms with Crippen molar-refractivity contribution in [3.8, 4) is 0 Å². The van der Waals surface area contributed by atoms with Crippen molar-refractivity contribution in [2.45, 2.75) is 6.92 Å². The minimum atomic E-state index is 0.0625. The first-order chi connectivity index (χ1) is 3.72. The van der Waals surface area contributed by atoms with E-state index in [1.807, 2.05) is 0 Å². The van der Waals surface area contributed by atoms with Crippen molar-refractivity contribution in [3.05, 3.63) is 0 Å². The van der Waals surface area contributed by atoms with E-state index in [9.17, 15) is 0 Å². The highest BCUT2D eigenvalue weighted by atomic mass is 16.4. The number of rotatable bonds is 1. The van der Waals surface area contributed by atoms with E-state index in [0.29, 0.717) is 5.71 Å². The molecule has 0 fully saturated rings. The van der Waals surface area contributed by atoms with Crippen LogP contribution in [-0.4, -0.2) is 23.8 Å². The summed E-state index contributed by atoms with van der Waals surface area (Å²) in [5.41, 5.74) is 5.63. The molecule has 0 amide bonds. The summed E-state index contributed by atoms with van der Waals surface area (Å²) in [4.78, 5) is 3.66. The van der Waals surface area contributed by atoms with Crippen molar-refractivity contribution in [2.75, 3.05) is 7.05 Å². The van der Waals surface area contributed by atoms with Crippen LogP contribution in [0.5, 0.6) is 0 Å². The van der Waals surface area contributed by atoms with Crippen molar-refractivity contribution < 1.29 is 5.21 Å². The number of oxime groups is 1. The number of hydrogen-bond acceptors (Lipinski definition) is 3. The van der Waals surface area contributed by atoms with Gasteiger partial charge in [-0.3, -0.25) is 4.99 Å². The van der Waals surface area contributed by atoms with E-state index in [1.54, 1.807) is 14.0 Å². The SMILES string of the molecule is C/N=C(C)\C(N)=N/O. The Morgan fingerprint density at radius 3 is 2.25 bits per heavy atom. The number of nitrogens with two attached hydrogens (primary N) is 1. The highest BCUT2D eigenvalue weighted by Crippen LogP contribution is 1.72. The molecule has 0 unspecified atom stereocenters. The van der Waals surface area contributed by atoms with Crippen LogP contribution in [0.15, 0.2) is 10.1 Å². The van der Waals surface area contributed by atoms with Gasteiger partial charge in [-0.05, 0) is 6.92 Å². The molecule has 0 aliphatic heterocycles. The molecule has 0 aliphatic carbocycles. The van der Waals surface area contributed by atoms with Gasteiger partial charge >= 0.3 is 0 Å². The summed E-state index contributed by atoms with van der Waals surface area (Å²) >= 11 is 0. The molecule has 0 spiro atoms. The van der Waals surface area contributed by atoms with Crippen molar-refractivity contribution in [2.24, 2.45) is 15.9 Å². The Morgan fingerprint density at radius 1 is 1.62 bits per heavy atom. The van der Waals surface area contributed by atoms with Crippen LogP contribution in [0.4, 0.5) is 0 Å². The molecule has 0 saturated carbocycles. The van der Waals surface area contributed by atoms with Crippen LogP contribution in [0.3, 0.4) is 0 Å². The van der Waals surface area contributed by atoms with Gasteiger partial charge in [0.05, 0.1) is 5.71 Å². The van der Waals surface area contributed by atoms with Crippen LogP contribution < -0.4 is 5.73 Å². The van der Waals surface area contributed by atoms with Gasteiger partial charge in [-0.15, -0.1) is 0 Å². The van der Waals surface area contributed by atoms with Crippen LogP contribution in [-0.2, 0) is 0 Å². The van der Waals surface area contributed by atoms with Crippen LogP contribution in [0.1, 0.15) is 6.92 Å². The predicted octanol–water partition coefficient (Wildman–Crippen LogP) is -0.176. The number of hydrogen-bond donors (Lipinski definition) is 2. The van der Waals surface area contributed by atoms with Gasteiger partial charge in [0.2, 0.25) is 0 Å². The number of aliphatic imine (C=N–C) groups is 1. The maximum absolute atomic E-state index is 8.02. The molecule has 0 atom stereocenters. The monoisotopic (exact) mass is 115 g/mol. The lowest BCUT2D eigenvalue weighted by atomic mass is 10.4. The first-order valence-electron chi connectivity index (χ1n) is 2.13. The third kappa shape index (κ3) is 1.59. The molecule has 0 bridgehead atoms. The van der Waals surface area contributed by atoms with E-state index >= 15 is 0 Å². The summed E-state index contributed by atoms with van der Waals surface area (Å²) in [5.74, 6) is 0.0625. The Hall–Kier alpha value is -1.06. The van der Waals surface area contributed by atoms with Gasteiger partial charge in [-0.2, -0.15) is 0 Å². The van der Waals surface area contributed by atoms with E-state index < -0.39 is 0 Å². The Kier molecular flexibility index (Phi) is 2.61. The van der Waals surface area contributed by atoms with Crippen molar-refractivity contribution in [1.29, 1.82) is 0 Å². The van der Waals surface area contributed by atoms with Crippen LogP contribution in [0, 0.1) is 0 Å². The van der Waals surface area contributed by atoms with Gasteiger partial charge in [0.1, 0.15) is 0 Å². The zero-order valence-corrected chi connectivity index (χ0v) is 4.92. The predicted molar refractivity (Wildman–Crippen MR) is 32.4 cm³/mol. The molecule has 0 aromatic heterocycles. The summed E-state index contributed by atoms with van der Waals surface area (Å²) < 4.78 is 0. The van der Waals surface area contributed by atoms with Crippen LogP contribution in [0.2, 0.25) is 0 Å². The summed E-state index contributed by atoms with van der Waals surface area (Å²) in [7, 11) is 1.58. The highest BCUT2D eigenvalue weighted by Gasteiger charge is 1.92. The molecule has 46 valence electrons. The van der Waals surface area contributed by atoms with Crippen molar-refractivity contribution in [3.63, 3.8) is 0 Å². The lowest BCUT2D eigenvalue weighted by Crippen LogP contribution is -2.20. The molecule has 8 heavy (non-hydrogen) atoms. The van der Waals surface area contributed by atoms with Gasteiger partial charge in [-0.1, -0.05) is 5.16 Å². The minimum Gasteiger partial charge on any atom is -0.409 e. The van der Waals surface area contributed by atoms with Crippen molar-refractivity contribution in [1.82, 2.24) is 0 Å².